The fourth-order valence-electron chi connectivity index (χ4n) is 5.36. The van der Waals surface area contributed by atoms with E-state index in [0.29, 0.717) is 0 Å². The average molecular weight is 483 g/mol. The third-order valence-corrected chi connectivity index (χ3v) is 9.50. The first-order valence-corrected chi connectivity index (χ1v) is 13.3. The Morgan fingerprint density at radius 1 is 0.600 bits per heavy atom. The van der Waals surface area contributed by atoms with Crippen molar-refractivity contribution in [3.05, 3.63) is 109 Å². The Kier molecular flexibility index (Phi) is 4.13. The molecule has 0 aliphatic carbocycles. The summed E-state index contributed by atoms with van der Waals surface area (Å²) < 4.78 is 2.46. The summed E-state index contributed by atoms with van der Waals surface area (Å²) in [6, 6.07) is 37.2. The molecule has 0 spiro atoms. The first-order valence-electron chi connectivity index (χ1n) is 11.6. The minimum Gasteiger partial charge on any atom is -0.308 e. The molecule has 7 aromatic rings. The van der Waals surface area contributed by atoms with Crippen LogP contribution in [0, 0.1) is 0 Å². The van der Waals surface area contributed by atoms with Gasteiger partial charge in [0.1, 0.15) is 0 Å². The summed E-state index contributed by atoms with van der Waals surface area (Å²) in [6.07, 6.45) is 1.86. The van der Waals surface area contributed by atoms with Crippen molar-refractivity contribution in [3.63, 3.8) is 0 Å². The molecule has 4 heteroatoms. The van der Waals surface area contributed by atoms with Gasteiger partial charge in [-0.15, -0.1) is 0 Å². The van der Waals surface area contributed by atoms with E-state index in [-0.39, 0.29) is 0 Å². The van der Waals surface area contributed by atoms with Gasteiger partial charge >= 0.3 is 0 Å². The molecule has 0 saturated carbocycles. The van der Waals surface area contributed by atoms with Crippen LogP contribution in [0.1, 0.15) is 0 Å². The Hall–Kier alpha value is -3.73. The molecule has 2 aromatic heterocycles. The summed E-state index contributed by atoms with van der Waals surface area (Å²) in [5.41, 5.74) is 4.70. The molecule has 1 aliphatic heterocycles. The molecule has 0 amide bonds. The predicted octanol–water partition coefficient (Wildman–Crippen LogP) is 9.10. The van der Waals surface area contributed by atoms with Gasteiger partial charge < -0.3 is 4.57 Å². The Morgan fingerprint density at radius 3 is 2.17 bits per heavy atom. The van der Waals surface area contributed by atoms with E-state index in [1.54, 1.807) is 0 Å². The number of pyridine rings is 1. The van der Waals surface area contributed by atoms with Crippen molar-refractivity contribution in [2.75, 3.05) is 0 Å². The number of para-hydroxylation sites is 1. The number of rotatable bonds is 1. The van der Waals surface area contributed by atoms with E-state index in [9.17, 15) is 0 Å². The SMILES string of the molecule is c1ccc2c(c1)Sc1c(c3c(c4ccccc14)c1ccccc1n3-c1ccc3ncccc3c1)S2. The van der Waals surface area contributed by atoms with Gasteiger partial charge in [-0.05, 0) is 53.2 Å². The third kappa shape index (κ3) is 2.78. The quantitative estimate of drug-likeness (QED) is 0.232. The molecule has 1 aliphatic rings. The average Bonchev–Trinajstić information content (AvgIpc) is 3.28. The van der Waals surface area contributed by atoms with E-state index in [0.717, 1.165) is 10.9 Å². The smallest absolute Gasteiger partial charge is 0.0703 e. The fourth-order valence-corrected chi connectivity index (χ4v) is 7.90. The van der Waals surface area contributed by atoms with E-state index in [1.807, 2.05) is 35.8 Å². The number of hydrogen-bond acceptors (Lipinski definition) is 3. The highest BCUT2D eigenvalue weighted by atomic mass is 32.2. The van der Waals surface area contributed by atoms with E-state index in [4.69, 9.17) is 0 Å². The summed E-state index contributed by atoms with van der Waals surface area (Å²) in [6.45, 7) is 0. The molecule has 0 fully saturated rings. The van der Waals surface area contributed by atoms with Crippen LogP contribution in [0.25, 0.3) is 49.2 Å². The second-order valence-electron chi connectivity index (χ2n) is 8.81. The van der Waals surface area contributed by atoms with Crippen LogP contribution in [-0.4, -0.2) is 9.55 Å². The third-order valence-electron chi connectivity index (χ3n) is 6.86. The van der Waals surface area contributed by atoms with Crippen LogP contribution in [0.3, 0.4) is 0 Å². The Bertz CT molecular complexity index is 1970. The van der Waals surface area contributed by atoms with Gasteiger partial charge in [-0.3, -0.25) is 4.98 Å². The van der Waals surface area contributed by atoms with Crippen molar-refractivity contribution in [1.29, 1.82) is 0 Å². The molecule has 5 aromatic carbocycles. The van der Waals surface area contributed by atoms with Crippen molar-refractivity contribution in [1.82, 2.24) is 9.55 Å². The Labute approximate surface area is 210 Å². The molecule has 0 radical (unpaired) electrons. The van der Waals surface area contributed by atoms with Crippen molar-refractivity contribution >= 4 is 67.0 Å². The maximum Gasteiger partial charge on any atom is 0.0703 e. The molecule has 35 heavy (non-hydrogen) atoms. The largest absolute Gasteiger partial charge is 0.308 e. The van der Waals surface area contributed by atoms with Crippen LogP contribution < -0.4 is 0 Å². The molecular weight excluding hydrogens is 464 g/mol. The summed E-state index contributed by atoms with van der Waals surface area (Å²) in [5.74, 6) is 0. The van der Waals surface area contributed by atoms with E-state index in [2.05, 4.69) is 107 Å². The van der Waals surface area contributed by atoms with E-state index in [1.165, 1.54) is 57.8 Å². The van der Waals surface area contributed by atoms with Crippen molar-refractivity contribution in [2.45, 2.75) is 19.6 Å². The van der Waals surface area contributed by atoms with Crippen LogP contribution in [0.5, 0.6) is 0 Å². The lowest BCUT2D eigenvalue weighted by Gasteiger charge is -2.22. The topological polar surface area (TPSA) is 17.8 Å². The van der Waals surface area contributed by atoms with Gasteiger partial charge in [0.25, 0.3) is 0 Å². The van der Waals surface area contributed by atoms with Crippen LogP contribution in [-0.2, 0) is 0 Å². The van der Waals surface area contributed by atoms with E-state index >= 15 is 0 Å². The molecule has 0 N–H and O–H groups in total. The van der Waals surface area contributed by atoms with Gasteiger partial charge in [-0.2, -0.15) is 0 Å². The predicted molar refractivity (Wildman–Crippen MR) is 148 cm³/mol. The molecule has 0 unspecified atom stereocenters. The van der Waals surface area contributed by atoms with Gasteiger partial charge in [0.15, 0.2) is 0 Å². The summed E-state index contributed by atoms with van der Waals surface area (Å²) in [7, 11) is 0. The summed E-state index contributed by atoms with van der Waals surface area (Å²) in [5, 5.41) is 6.41. The highest BCUT2D eigenvalue weighted by molar-refractivity contribution is 8.05. The number of fused-ring (bicyclic) bond motifs is 10. The number of nitrogens with zero attached hydrogens (tertiary/aromatic N) is 2. The van der Waals surface area contributed by atoms with Crippen molar-refractivity contribution < 1.29 is 0 Å². The molecule has 8 rings (SSSR count). The molecule has 2 nitrogen and oxygen atoms in total. The number of aromatic nitrogens is 2. The van der Waals surface area contributed by atoms with Crippen LogP contribution in [0.15, 0.2) is 129 Å². The van der Waals surface area contributed by atoms with Gasteiger partial charge in [0, 0.05) is 42.7 Å². The van der Waals surface area contributed by atoms with Crippen LogP contribution in [0.2, 0.25) is 0 Å². The molecule has 0 bridgehead atoms. The lowest BCUT2D eigenvalue weighted by Crippen LogP contribution is -1.99. The zero-order chi connectivity index (χ0) is 22.9. The van der Waals surface area contributed by atoms with Gasteiger partial charge in [-0.25, -0.2) is 0 Å². The molecule has 3 heterocycles. The molecule has 0 saturated heterocycles. The number of hydrogen-bond donors (Lipinski definition) is 0. The second kappa shape index (κ2) is 7.38. The van der Waals surface area contributed by atoms with Gasteiger partial charge in [0.2, 0.25) is 0 Å². The fraction of sp³-hybridized carbons (Fsp3) is 0. The summed E-state index contributed by atoms with van der Waals surface area (Å²) in [4.78, 5) is 9.88. The molecule has 164 valence electrons. The maximum atomic E-state index is 4.55. The zero-order valence-electron chi connectivity index (χ0n) is 18.6. The van der Waals surface area contributed by atoms with Crippen LogP contribution >= 0.6 is 23.5 Å². The zero-order valence-corrected chi connectivity index (χ0v) is 20.2. The lowest BCUT2D eigenvalue weighted by molar-refractivity contribution is 1.12. The summed E-state index contributed by atoms with van der Waals surface area (Å²) >= 11 is 3.80. The van der Waals surface area contributed by atoms with Gasteiger partial charge in [-0.1, -0.05) is 84.2 Å². The minimum atomic E-state index is 1.02. The first-order chi connectivity index (χ1) is 17.4. The van der Waals surface area contributed by atoms with Crippen LogP contribution in [0.4, 0.5) is 0 Å². The van der Waals surface area contributed by atoms with Gasteiger partial charge in [0.05, 0.1) is 21.4 Å². The first kappa shape index (κ1) is 19.6. The monoisotopic (exact) mass is 482 g/mol. The van der Waals surface area contributed by atoms with Crippen molar-refractivity contribution in [2.24, 2.45) is 0 Å². The normalized spacial score (nSPS) is 12.9. The maximum absolute atomic E-state index is 4.55. The second-order valence-corrected chi connectivity index (χ2v) is 10.9. The molecule has 0 atom stereocenters. The van der Waals surface area contributed by atoms with E-state index < -0.39 is 0 Å². The highest BCUT2D eigenvalue weighted by Crippen LogP contribution is 2.55. The minimum absolute atomic E-state index is 1.02. The Balaban J connectivity index is 1.58. The standard InChI is InChI=1S/C31H18N2S2/c1-2-10-22-21(9-1)28-23-11-3-4-12-25(23)33(20-15-16-24-19(18-20)8-7-17-32-24)29(28)31-30(22)34-26-13-5-6-14-27(26)35-31/h1-18H. The lowest BCUT2D eigenvalue weighted by atomic mass is 10.0. The highest BCUT2D eigenvalue weighted by Gasteiger charge is 2.27. The molecular formula is C31H18N2S2. The number of benzene rings is 5. The van der Waals surface area contributed by atoms with Crippen molar-refractivity contribution in [3.8, 4) is 5.69 Å². The Morgan fingerprint density at radius 2 is 1.31 bits per heavy atom.